The van der Waals surface area contributed by atoms with E-state index in [4.69, 9.17) is 10.5 Å². The molecule has 2 rings (SSSR count). The summed E-state index contributed by atoms with van der Waals surface area (Å²) in [6.45, 7) is 0.0432. The molecular weight excluding hydrogens is 274 g/mol. The van der Waals surface area contributed by atoms with E-state index in [0.717, 1.165) is 12.1 Å². The van der Waals surface area contributed by atoms with Crippen LogP contribution in [0, 0.1) is 5.82 Å². The van der Waals surface area contributed by atoms with Gasteiger partial charge in [0.2, 0.25) is 0 Å². The molecule has 0 amide bonds. The molecule has 0 saturated heterocycles. The first-order chi connectivity index (χ1) is 9.36. The van der Waals surface area contributed by atoms with E-state index in [1.807, 2.05) is 0 Å². The summed E-state index contributed by atoms with van der Waals surface area (Å²) in [5.41, 5.74) is 4.64. The van der Waals surface area contributed by atoms with E-state index in [9.17, 15) is 17.6 Å². The topological polar surface area (TPSA) is 35.2 Å². The Morgan fingerprint density at radius 2 is 1.65 bits per heavy atom. The number of rotatable bonds is 3. The van der Waals surface area contributed by atoms with Crippen LogP contribution in [0.2, 0.25) is 0 Å². The van der Waals surface area contributed by atoms with E-state index in [2.05, 4.69) is 0 Å². The van der Waals surface area contributed by atoms with E-state index >= 15 is 0 Å². The van der Waals surface area contributed by atoms with E-state index in [1.54, 1.807) is 0 Å². The van der Waals surface area contributed by atoms with Crippen LogP contribution in [0.15, 0.2) is 42.5 Å². The molecular formula is C14H11F4NO. The number of benzene rings is 2. The van der Waals surface area contributed by atoms with Crippen LogP contribution in [0.25, 0.3) is 0 Å². The summed E-state index contributed by atoms with van der Waals surface area (Å²) >= 11 is 0. The maximum absolute atomic E-state index is 12.7. The van der Waals surface area contributed by atoms with Crippen molar-refractivity contribution in [3.8, 4) is 5.75 Å². The Hall–Kier alpha value is -2.24. The van der Waals surface area contributed by atoms with Crippen LogP contribution in [0.5, 0.6) is 5.75 Å². The Bertz CT molecular complexity index is 593. The van der Waals surface area contributed by atoms with Gasteiger partial charge >= 0.3 is 6.18 Å². The number of nitrogen functional groups attached to an aromatic ring is 1. The molecule has 0 fully saturated rings. The van der Waals surface area contributed by atoms with E-state index in [1.165, 1.54) is 30.3 Å². The van der Waals surface area contributed by atoms with Gasteiger partial charge in [-0.3, -0.25) is 0 Å². The SMILES string of the molecule is Nc1ccc(OCc2ccc(F)cc2)cc1C(F)(F)F. The Morgan fingerprint density at radius 1 is 1.00 bits per heavy atom. The van der Waals surface area contributed by atoms with E-state index in [-0.39, 0.29) is 23.9 Å². The smallest absolute Gasteiger partial charge is 0.418 e. The summed E-state index contributed by atoms with van der Waals surface area (Å²) in [5, 5.41) is 0. The van der Waals surface area contributed by atoms with Gasteiger partial charge in [-0.2, -0.15) is 13.2 Å². The average Bonchev–Trinajstić information content (AvgIpc) is 2.38. The van der Waals surface area contributed by atoms with Gasteiger partial charge in [-0.05, 0) is 35.9 Å². The van der Waals surface area contributed by atoms with Gasteiger partial charge in [-0.15, -0.1) is 0 Å². The predicted molar refractivity (Wildman–Crippen MR) is 66.6 cm³/mol. The van der Waals surface area contributed by atoms with Crippen molar-refractivity contribution < 1.29 is 22.3 Å². The van der Waals surface area contributed by atoms with Crippen molar-refractivity contribution in [2.45, 2.75) is 12.8 Å². The molecule has 2 aromatic rings. The maximum atomic E-state index is 12.7. The highest BCUT2D eigenvalue weighted by Crippen LogP contribution is 2.35. The second-order valence-electron chi connectivity index (χ2n) is 4.16. The van der Waals surface area contributed by atoms with Crippen molar-refractivity contribution in [1.29, 1.82) is 0 Å². The minimum absolute atomic E-state index is 0.0432. The molecule has 2 nitrogen and oxygen atoms in total. The zero-order valence-electron chi connectivity index (χ0n) is 10.2. The first-order valence-electron chi connectivity index (χ1n) is 5.70. The molecule has 0 atom stereocenters. The molecule has 0 aromatic heterocycles. The van der Waals surface area contributed by atoms with Gasteiger partial charge < -0.3 is 10.5 Å². The van der Waals surface area contributed by atoms with Crippen molar-refractivity contribution in [1.82, 2.24) is 0 Å². The quantitative estimate of drug-likeness (QED) is 0.683. The average molecular weight is 285 g/mol. The van der Waals surface area contributed by atoms with Crippen LogP contribution >= 0.6 is 0 Å². The van der Waals surface area contributed by atoms with Crippen molar-refractivity contribution in [2.75, 3.05) is 5.73 Å². The Morgan fingerprint density at radius 3 is 2.25 bits per heavy atom. The number of ether oxygens (including phenoxy) is 1. The van der Waals surface area contributed by atoms with Gasteiger partial charge in [-0.1, -0.05) is 12.1 Å². The third kappa shape index (κ3) is 3.40. The normalized spacial score (nSPS) is 11.4. The fourth-order valence-corrected chi connectivity index (χ4v) is 1.62. The molecule has 20 heavy (non-hydrogen) atoms. The number of hydrogen-bond acceptors (Lipinski definition) is 2. The highest BCUT2D eigenvalue weighted by atomic mass is 19.4. The van der Waals surface area contributed by atoms with Crippen molar-refractivity contribution in [2.24, 2.45) is 0 Å². The van der Waals surface area contributed by atoms with Crippen LogP contribution in [-0.2, 0) is 12.8 Å². The summed E-state index contributed by atoms with van der Waals surface area (Å²) in [4.78, 5) is 0. The summed E-state index contributed by atoms with van der Waals surface area (Å²) in [6.07, 6.45) is -4.53. The van der Waals surface area contributed by atoms with Crippen LogP contribution in [0.3, 0.4) is 0 Å². The van der Waals surface area contributed by atoms with Gasteiger partial charge in [0, 0.05) is 5.69 Å². The van der Waals surface area contributed by atoms with Crippen molar-refractivity contribution in [3.63, 3.8) is 0 Å². The van der Waals surface area contributed by atoms with Gasteiger partial charge in [0.1, 0.15) is 18.2 Å². The minimum Gasteiger partial charge on any atom is -0.489 e. The number of halogens is 4. The molecule has 2 N–H and O–H groups in total. The monoisotopic (exact) mass is 285 g/mol. The lowest BCUT2D eigenvalue weighted by atomic mass is 10.1. The van der Waals surface area contributed by atoms with E-state index in [0.29, 0.717) is 5.56 Å². The number of anilines is 1. The number of nitrogens with two attached hydrogens (primary N) is 1. The molecule has 6 heteroatoms. The van der Waals surface area contributed by atoms with Crippen LogP contribution in [-0.4, -0.2) is 0 Å². The zero-order valence-corrected chi connectivity index (χ0v) is 10.2. The van der Waals surface area contributed by atoms with Crippen LogP contribution in [0.4, 0.5) is 23.2 Å². The van der Waals surface area contributed by atoms with Gasteiger partial charge in [0.15, 0.2) is 0 Å². The molecule has 0 spiro atoms. The van der Waals surface area contributed by atoms with Gasteiger partial charge in [0.05, 0.1) is 5.56 Å². The summed E-state index contributed by atoms with van der Waals surface area (Å²) in [7, 11) is 0. The molecule has 0 unspecified atom stereocenters. The van der Waals surface area contributed by atoms with Gasteiger partial charge in [-0.25, -0.2) is 4.39 Å². The highest BCUT2D eigenvalue weighted by molar-refractivity contribution is 5.52. The molecule has 0 saturated carbocycles. The van der Waals surface area contributed by atoms with Crippen LogP contribution < -0.4 is 10.5 Å². The minimum atomic E-state index is -4.53. The summed E-state index contributed by atoms with van der Waals surface area (Å²) < 4.78 is 55.9. The molecule has 0 bridgehead atoms. The number of alkyl halides is 3. The lowest BCUT2D eigenvalue weighted by molar-refractivity contribution is -0.137. The Labute approximate surface area is 112 Å². The Balaban J connectivity index is 2.12. The fraction of sp³-hybridized carbons (Fsp3) is 0.143. The van der Waals surface area contributed by atoms with Crippen molar-refractivity contribution in [3.05, 3.63) is 59.4 Å². The molecule has 0 aliphatic heterocycles. The second-order valence-corrected chi connectivity index (χ2v) is 4.16. The van der Waals surface area contributed by atoms with Crippen molar-refractivity contribution >= 4 is 5.69 Å². The molecule has 0 aliphatic rings. The first-order valence-corrected chi connectivity index (χ1v) is 5.70. The molecule has 2 aromatic carbocycles. The third-order valence-electron chi connectivity index (χ3n) is 2.65. The Kier molecular flexibility index (Phi) is 3.83. The maximum Gasteiger partial charge on any atom is 0.418 e. The second kappa shape index (κ2) is 5.40. The summed E-state index contributed by atoms with van der Waals surface area (Å²) in [5.74, 6) is -0.337. The molecule has 0 radical (unpaired) electrons. The van der Waals surface area contributed by atoms with E-state index < -0.39 is 11.7 Å². The lowest BCUT2D eigenvalue weighted by Crippen LogP contribution is -2.09. The molecule has 0 heterocycles. The fourth-order valence-electron chi connectivity index (χ4n) is 1.62. The third-order valence-corrected chi connectivity index (χ3v) is 2.65. The van der Waals surface area contributed by atoms with Crippen LogP contribution in [0.1, 0.15) is 11.1 Å². The largest absolute Gasteiger partial charge is 0.489 e. The summed E-state index contributed by atoms with van der Waals surface area (Å²) in [6, 6.07) is 8.84. The standard InChI is InChI=1S/C14H11F4NO/c15-10-3-1-9(2-4-10)8-20-11-5-6-13(19)12(7-11)14(16,17)18/h1-7H,8,19H2. The first kappa shape index (κ1) is 14.2. The lowest BCUT2D eigenvalue weighted by Gasteiger charge is -2.12. The predicted octanol–water partition coefficient (Wildman–Crippen LogP) is 4.01. The highest BCUT2D eigenvalue weighted by Gasteiger charge is 2.33. The zero-order chi connectivity index (χ0) is 14.8. The molecule has 106 valence electrons. The molecule has 0 aliphatic carbocycles. The number of hydrogen-bond donors (Lipinski definition) is 1. The van der Waals surface area contributed by atoms with Gasteiger partial charge in [0.25, 0.3) is 0 Å².